The van der Waals surface area contributed by atoms with Gasteiger partial charge < -0.3 is 16.2 Å². The van der Waals surface area contributed by atoms with Crippen molar-refractivity contribution in [2.75, 3.05) is 6.54 Å². The van der Waals surface area contributed by atoms with Crippen LogP contribution in [0.15, 0.2) is 30.3 Å². The summed E-state index contributed by atoms with van der Waals surface area (Å²) in [6.45, 7) is 7.54. The lowest BCUT2D eigenvalue weighted by Gasteiger charge is -2.33. The molecule has 0 amide bonds. The lowest BCUT2D eigenvalue weighted by atomic mass is 9.80. The molecule has 0 bridgehead atoms. The first-order chi connectivity index (χ1) is 8.45. The van der Waals surface area contributed by atoms with E-state index in [0.29, 0.717) is 13.2 Å². The zero-order valence-corrected chi connectivity index (χ0v) is 11.7. The van der Waals surface area contributed by atoms with E-state index in [2.05, 4.69) is 32.9 Å². The Hall–Kier alpha value is -0.900. The molecule has 0 aliphatic carbocycles. The molecule has 18 heavy (non-hydrogen) atoms. The quantitative estimate of drug-likeness (QED) is 0.780. The summed E-state index contributed by atoms with van der Waals surface area (Å²) in [4.78, 5) is 0. The second-order valence-electron chi connectivity index (χ2n) is 5.64. The summed E-state index contributed by atoms with van der Waals surface area (Å²) < 4.78 is 5.86. The highest BCUT2D eigenvalue weighted by molar-refractivity contribution is 5.13. The third kappa shape index (κ3) is 4.77. The van der Waals surface area contributed by atoms with Crippen molar-refractivity contribution >= 4 is 0 Å². The van der Waals surface area contributed by atoms with Crippen LogP contribution in [0.3, 0.4) is 0 Å². The van der Waals surface area contributed by atoms with E-state index in [4.69, 9.17) is 16.2 Å². The zero-order valence-electron chi connectivity index (χ0n) is 11.7. The normalized spacial score (nSPS) is 15.4. The van der Waals surface area contributed by atoms with Gasteiger partial charge in [0, 0.05) is 12.6 Å². The van der Waals surface area contributed by atoms with Crippen LogP contribution in [0.25, 0.3) is 0 Å². The minimum absolute atomic E-state index is 0.00482. The van der Waals surface area contributed by atoms with E-state index in [1.165, 1.54) is 5.56 Å². The van der Waals surface area contributed by atoms with E-state index >= 15 is 0 Å². The van der Waals surface area contributed by atoms with Gasteiger partial charge in [-0.1, -0.05) is 44.2 Å². The summed E-state index contributed by atoms with van der Waals surface area (Å²) in [5.74, 6) is 0. The molecule has 0 aliphatic heterocycles. The van der Waals surface area contributed by atoms with Crippen LogP contribution in [0, 0.1) is 5.41 Å². The highest BCUT2D eigenvalue weighted by Crippen LogP contribution is 2.26. The molecule has 0 spiro atoms. The topological polar surface area (TPSA) is 61.3 Å². The molecule has 4 N–H and O–H groups in total. The molecule has 2 unspecified atom stereocenters. The Bertz CT molecular complexity index is 338. The molecule has 0 aliphatic rings. The number of hydrogen-bond donors (Lipinski definition) is 2. The molecule has 102 valence electrons. The Morgan fingerprint density at radius 2 is 1.83 bits per heavy atom. The van der Waals surface area contributed by atoms with E-state index < -0.39 is 0 Å². The predicted octanol–water partition coefficient (Wildman–Crippen LogP) is 2.29. The third-order valence-electron chi connectivity index (χ3n) is 3.45. The molecule has 0 heterocycles. The Kier molecular flexibility index (Phi) is 5.79. The lowest BCUT2D eigenvalue weighted by Crippen LogP contribution is -2.44. The Labute approximate surface area is 111 Å². The second kappa shape index (κ2) is 6.88. The number of hydrogen-bond acceptors (Lipinski definition) is 3. The van der Waals surface area contributed by atoms with Gasteiger partial charge in [-0.2, -0.15) is 0 Å². The first-order valence-electron chi connectivity index (χ1n) is 6.57. The predicted molar refractivity (Wildman–Crippen MR) is 76.1 cm³/mol. The lowest BCUT2D eigenvalue weighted by molar-refractivity contribution is 0.0187. The molecule has 3 heteroatoms. The van der Waals surface area contributed by atoms with Gasteiger partial charge in [0.05, 0.1) is 12.7 Å². The first-order valence-corrected chi connectivity index (χ1v) is 6.57. The number of benzene rings is 1. The second-order valence-corrected chi connectivity index (χ2v) is 5.64. The first kappa shape index (κ1) is 15.2. The van der Waals surface area contributed by atoms with E-state index in [-0.39, 0.29) is 17.6 Å². The largest absolute Gasteiger partial charge is 0.374 e. The fraction of sp³-hybridized carbons (Fsp3) is 0.600. The average Bonchev–Trinajstić information content (AvgIpc) is 2.36. The maximum absolute atomic E-state index is 6.03. The molecule has 0 fully saturated rings. The van der Waals surface area contributed by atoms with Crippen molar-refractivity contribution in [1.29, 1.82) is 0 Å². The fourth-order valence-corrected chi connectivity index (χ4v) is 2.08. The minimum atomic E-state index is 0.00482. The molecular formula is C15H26N2O. The molecular weight excluding hydrogens is 224 g/mol. The Balaban J connectivity index is 2.40. The van der Waals surface area contributed by atoms with Crippen LogP contribution in [0.2, 0.25) is 0 Å². The summed E-state index contributed by atoms with van der Waals surface area (Å²) in [5.41, 5.74) is 12.9. The van der Waals surface area contributed by atoms with Crippen LogP contribution in [0.4, 0.5) is 0 Å². The van der Waals surface area contributed by atoms with E-state index in [9.17, 15) is 0 Å². The molecule has 0 saturated carbocycles. The summed E-state index contributed by atoms with van der Waals surface area (Å²) >= 11 is 0. The average molecular weight is 250 g/mol. The van der Waals surface area contributed by atoms with Gasteiger partial charge in [0.1, 0.15) is 0 Å². The van der Waals surface area contributed by atoms with Crippen molar-refractivity contribution in [1.82, 2.24) is 0 Å². The van der Waals surface area contributed by atoms with Crippen LogP contribution in [-0.2, 0) is 11.3 Å². The van der Waals surface area contributed by atoms with Gasteiger partial charge >= 0.3 is 0 Å². The standard InChI is InChI=1S/C15H26N2O/c1-12(9-15(2,3)14(17)10-16)18-11-13-7-5-4-6-8-13/h4-8,12,14H,9-11,16-17H2,1-3H3. The maximum atomic E-state index is 6.03. The summed E-state index contributed by atoms with van der Waals surface area (Å²) in [7, 11) is 0. The third-order valence-corrected chi connectivity index (χ3v) is 3.45. The van der Waals surface area contributed by atoms with E-state index in [1.807, 2.05) is 18.2 Å². The summed E-state index contributed by atoms with van der Waals surface area (Å²) in [5, 5.41) is 0. The van der Waals surface area contributed by atoms with Gasteiger partial charge in [0.15, 0.2) is 0 Å². The molecule has 3 nitrogen and oxygen atoms in total. The van der Waals surface area contributed by atoms with Crippen LogP contribution in [-0.4, -0.2) is 18.7 Å². The van der Waals surface area contributed by atoms with Gasteiger partial charge in [0.2, 0.25) is 0 Å². The van der Waals surface area contributed by atoms with Crippen molar-refractivity contribution in [3.63, 3.8) is 0 Å². The minimum Gasteiger partial charge on any atom is -0.374 e. The zero-order chi connectivity index (χ0) is 13.6. The van der Waals surface area contributed by atoms with Gasteiger partial charge in [0.25, 0.3) is 0 Å². The molecule has 1 aromatic rings. The number of ether oxygens (including phenoxy) is 1. The van der Waals surface area contributed by atoms with Gasteiger partial charge in [-0.3, -0.25) is 0 Å². The Morgan fingerprint density at radius 3 is 2.39 bits per heavy atom. The van der Waals surface area contributed by atoms with E-state index in [1.54, 1.807) is 0 Å². The van der Waals surface area contributed by atoms with Crippen molar-refractivity contribution in [3.05, 3.63) is 35.9 Å². The van der Waals surface area contributed by atoms with Crippen molar-refractivity contribution in [2.24, 2.45) is 16.9 Å². The maximum Gasteiger partial charge on any atom is 0.0720 e. The van der Waals surface area contributed by atoms with Crippen LogP contribution < -0.4 is 11.5 Å². The van der Waals surface area contributed by atoms with Gasteiger partial charge in [-0.15, -0.1) is 0 Å². The van der Waals surface area contributed by atoms with Crippen LogP contribution >= 0.6 is 0 Å². The SMILES string of the molecule is CC(CC(C)(C)C(N)CN)OCc1ccccc1. The van der Waals surface area contributed by atoms with Crippen molar-refractivity contribution in [3.8, 4) is 0 Å². The number of nitrogens with two attached hydrogens (primary N) is 2. The smallest absolute Gasteiger partial charge is 0.0720 e. The van der Waals surface area contributed by atoms with Gasteiger partial charge in [-0.05, 0) is 24.3 Å². The monoisotopic (exact) mass is 250 g/mol. The van der Waals surface area contributed by atoms with Crippen LogP contribution in [0.5, 0.6) is 0 Å². The molecule has 0 aromatic heterocycles. The van der Waals surface area contributed by atoms with Gasteiger partial charge in [-0.25, -0.2) is 0 Å². The molecule has 0 saturated heterocycles. The molecule has 0 radical (unpaired) electrons. The summed E-state index contributed by atoms with van der Waals surface area (Å²) in [6, 6.07) is 10.2. The molecule has 2 atom stereocenters. The molecule has 1 rings (SSSR count). The fourth-order valence-electron chi connectivity index (χ4n) is 2.08. The van der Waals surface area contributed by atoms with E-state index in [0.717, 1.165) is 6.42 Å². The van der Waals surface area contributed by atoms with Crippen molar-refractivity contribution in [2.45, 2.75) is 45.9 Å². The highest BCUT2D eigenvalue weighted by atomic mass is 16.5. The molecule has 1 aromatic carbocycles. The highest BCUT2D eigenvalue weighted by Gasteiger charge is 2.27. The Morgan fingerprint density at radius 1 is 1.22 bits per heavy atom. The van der Waals surface area contributed by atoms with Crippen molar-refractivity contribution < 1.29 is 4.74 Å². The number of rotatable bonds is 7. The van der Waals surface area contributed by atoms with Crippen LogP contribution in [0.1, 0.15) is 32.8 Å². The summed E-state index contributed by atoms with van der Waals surface area (Å²) in [6.07, 6.45) is 1.09.